The summed E-state index contributed by atoms with van der Waals surface area (Å²) in [4.78, 5) is 18.9. The van der Waals surface area contributed by atoms with Crippen molar-refractivity contribution in [3.05, 3.63) is 0 Å². The highest BCUT2D eigenvalue weighted by Crippen LogP contribution is 2.25. The van der Waals surface area contributed by atoms with E-state index >= 15 is 0 Å². The average molecular weight is 285 g/mol. The molecule has 5 nitrogen and oxygen atoms in total. The molecule has 0 radical (unpaired) electrons. The van der Waals surface area contributed by atoms with Crippen LogP contribution in [0.1, 0.15) is 20.3 Å². The first-order valence-electron chi connectivity index (χ1n) is 7.01. The number of ketones is 1. The van der Waals surface area contributed by atoms with Crippen LogP contribution >= 0.6 is 11.8 Å². The number of aliphatic imine (C=N–C) groups is 1. The predicted octanol–water partition coefficient (Wildman–Crippen LogP) is 0.747. The molecule has 2 saturated heterocycles. The Balaban J connectivity index is 1.78. The summed E-state index contributed by atoms with van der Waals surface area (Å²) in [5, 5.41) is 4.22. The zero-order chi connectivity index (χ0) is 13.7. The molecule has 2 unspecified atom stereocenters. The minimum absolute atomic E-state index is 0.0198. The minimum Gasteiger partial charge on any atom is -0.379 e. The summed E-state index contributed by atoms with van der Waals surface area (Å²) in [6, 6.07) is 0.187. The van der Waals surface area contributed by atoms with Crippen LogP contribution in [0.5, 0.6) is 0 Å². The van der Waals surface area contributed by atoms with Crippen molar-refractivity contribution in [2.45, 2.75) is 31.6 Å². The summed E-state index contributed by atoms with van der Waals surface area (Å²) < 4.78 is 5.31. The van der Waals surface area contributed by atoms with Gasteiger partial charge in [-0.25, -0.2) is 0 Å². The van der Waals surface area contributed by atoms with Crippen molar-refractivity contribution in [3.8, 4) is 0 Å². The molecule has 2 heterocycles. The maximum absolute atomic E-state index is 12.3. The molecule has 0 aromatic heterocycles. The molecular formula is C13H23N3O2S. The van der Waals surface area contributed by atoms with Crippen LogP contribution in [0.3, 0.4) is 0 Å². The van der Waals surface area contributed by atoms with Gasteiger partial charge in [0.2, 0.25) is 0 Å². The van der Waals surface area contributed by atoms with Gasteiger partial charge in [-0.2, -0.15) is 0 Å². The van der Waals surface area contributed by atoms with Crippen molar-refractivity contribution < 1.29 is 9.53 Å². The molecule has 0 amide bonds. The van der Waals surface area contributed by atoms with Crippen LogP contribution in [0.2, 0.25) is 0 Å². The van der Waals surface area contributed by atoms with Crippen molar-refractivity contribution in [2.75, 3.05) is 39.4 Å². The Bertz CT molecular complexity index is 343. The molecule has 0 aromatic rings. The molecule has 19 heavy (non-hydrogen) atoms. The van der Waals surface area contributed by atoms with E-state index in [0.29, 0.717) is 12.2 Å². The number of amidine groups is 1. The molecule has 2 atom stereocenters. The topological polar surface area (TPSA) is 53.9 Å². The molecule has 108 valence electrons. The highest BCUT2D eigenvalue weighted by molar-refractivity contribution is 8.15. The van der Waals surface area contributed by atoms with Gasteiger partial charge in [-0.1, -0.05) is 11.8 Å². The lowest BCUT2D eigenvalue weighted by Gasteiger charge is -2.26. The Morgan fingerprint density at radius 1 is 1.53 bits per heavy atom. The molecular weight excluding hydrogens is 262 g/mol. The Kier molecular flexibility index (Phi) is 5.66. The van der Waals surface area contributed by atoms with Crippen LogP contribution in [-0.4, -0.2) is 66.5 Å². The van der Waals surface area contributed by atoms with Crippen molar-refractivity contribution in [1.29, 1.82) is 0 Å². The van der Waals surface area contributed by atoms with Gasteiger partial charge < -0.3 is 10.1 Å². The number of hydrogen-bond donors (Lipinski definition) is 1. The van der Waals surface area contributed by atoms with Crippen molar-refractivity contribution in [1.82, 2.24) is 10.2 Å². The Morgan fingerprint density at radius 2 is 2.26 bits per heavy atom. The molecule has 6 heteroatoms. The quantitative estimate of drug-likeness (QED) is 0.808. The molecule has 0 saturated carbocycles. The van der Waals surface area contributed by atoms with Crippen molar-refractivity contribution in [2.24, 2.45) is 4.99 Å². The van der Waals surface area contributed by atoms with E-state index in [0.717, 1.165) is 44.6 Å². The lowest BCUT2D eigenvalue weighted by molar-refractivity contribution is -0.119. The molecule has 0 spiro atoms. The molecule has 0 aromatic carbocycles. The molecule has 2 aliphatic rings. The second-order valence-electron chi connectivity index (χ2n) is 4.92. The van der Waals surface area contributed by atoms with Crippen LogP contribution in [0.25, 0.3) is 0 Å². The third-order valence-electron chi connectivity index (χ3n) is 3.44. The molecule has 0 aliphatic carbocycles. The van der Waals surface area contributed by atoms with Gasteiger partial charge in [0.15, 0.2) is 5.17 Å². The summed E-state index contributed by atoms with van der Waals surface area (Å²) in [6.07, 6.45) is 0.628. The van der Waals surface area contributed by atoms with Gasteiger partial charge in [0.25, 0.3) is 0 Å². The van der Waals surface area contributed by atoms with E-state index in [9.17, 15) is 4.79 Å². The van der Waals surface area contributed by atoms with Gasteiger partial charge in [0, 0.05) is 38.6 Å². The predicted molar refractivity (Wildman–Crippen MR) is 78.8 cm³/mol. The van der Waals surface area contributed by atoms with E-state index in [1.54, 1.807) is 11.8 Å². The van der Waals surface area contributed by atoms with Crippen LogP contribution < -0.4 is 5.32 Å². The van der Waals surface area contributed by atoms with E-state index in [4.69, 9.17) is 4.74 Å². The van der Waals surface area contributed by atoms with Crippen molar-refractivity contribution >= 4 is 22.7 Å². The molecule has 1 N–H and O–H groups in total. The normalized spacial score (nSPS) is 30.5. The lowest BCUT2D eigenvalue weighted by atomic mass is 10.1. The highest BCUT2D eigenvalue weighted by Gasteiger charge is 2.33. The number of hydrogen-bond acceptors (Lipinski definition) is 5. The largest absolute Gasteiger partial charge is 0.379 e. The standard InChI is InChI=1S/C13H23N3O2S/c1-3-14-13-15-10(2)12(19-13)11(17)4-5-16-6-8-18-9-7-16/h10,12H,3-9H2,1-2H3,(H,14,15). The maximum Gasteiger partial charge on any atom is 0.157 e. The number of nitrogens with zero attached hydrogens (tertiary/aromatic N) is 2. The van der Waals surface area contributed by atoms with Crippen LogP contribution in [-0.2, 0) is 9.53 Å². The summed E-state index contributed by atoms with van der Waals surface area (Å²) in [5.41, 5.74) is 0. The molecule has 2 aliphatic heterocycles. The average Bonchev–Trinajstić information content (AvgIpc) is 2.79. The fourth-order valence-corrected chi connectivity index (χ4v) is 3.55. The molecule has 2 rings (SSSR count). The van der Waals surface area contributed by atoms with E-state index in [2.05, 4.69) is 22.1 Å². The van der Waals surface area contributed by atoms with E-state index in [1.807, 2.05) is 6.92 Å². The number of rotatable bonds is 5. The Hall–Kier alpha value is -0.590. The number of carbonyl (C=O) groups excluding carboxylic acids is 1. The first-order valence-corrected chi connectivity index (χ1v) is 7.89. The van der Waals surface area contributed by atoms with Gasteiger partial charge in [0.05, 0.1) is 18.5 Å². The first-order chi connectivity index (χ1) is 9.20. The van der Waals surface area contributed by atoms with Gasteiger partial charge in [-0.3, -0.25) is 14.7 Å². The third kappa shape index (κ3) is 4.19. The Morgan fingerprint density at radius 3 is 2.95 bits per heavy atom. The number of Topliss-reactive ketones (excluding diaryl/α,β-unsaturated/α-hetero) is 1. The monoisotopic (exact) mass is 285 g/mol. The van der Waals surface area contributed by atoms with Gasteiger partial charge in [-0.05, 0) is 13.8 Å². The molecule has 2 fully saturated rings. The zero-order valence-corrected chi connectivity index (χ0v) is 12.5. The fraction of sp³-hybridized carbons (Fsp3) is 0.846. The summed E-state index contributed by atoms with van der Waals surface area (Å²) in [7, 11) is 0. The third-order valence-corrected chi connectivity index (χ3v) is 4.84. The zero-order valence-electron chi connectivity index (χ0n) is 11.7. The summed E-state index contributed by atoms with van der Waals surface area (Å²) in [6.45, 7) is 9.15. The van der Waals surface area contributed by atoms with Crippen LogP contribution in [0.4, 0.5) is 0 Å². The second kappa shape index (κ2) is 7.26. The van der Waals surface area contributed by atoms with Crippen molar-refractivity contribution in [3.63, 3.8) is 0 Å². The number of ether oxygens (including phenoxy) is 1. The number of nitrogens with one attached hydrogen (secondary N) is 1. The molecule has 0 bridgehead atoms. The number of thioether (sulfide) groups is 1. The van der Waals surface area contributed by atoms with Crippen LogP contribution in [0.15, 0.2) is 4.99 Å². The number of morpholine rings is 1. The SMILES string of the molecule is CCN=C1NC(C)C(C(=O)CCN2CCOCC2)S1. The van der Waals surface area contributed by atoms with E-state index < -0.39 is 0 Å². The first kappa shape index (κ1) is 14.8. The smallest absolute Gasteiger partial charge is 0.157 e. The lowest BCUT2D eigenvalue weighted by Crippen LogP contribution is -2.39. The second-order valence-corrected chi connectivity index (χ2v) is 6.05. The highest BCUT2D eigenvalue weighted by atomic mass is 32.2. The summed E-state index contributed by atoms with van der Waals surface area (Å²) in [5.74, 6) is 0.331. The van der Waals surface area contributed by atoms with Gasteiger partial charge >= 0.3 is 0 Å². The summed E-state index contributed by atoms with van der Waals surface area (Å²) >= 11 is 1.58. The van der Waals surface area contributed by atoms with Gasteiger partial charge in [0.1, 0.15) is 5.78 Å². The fourth-order valence-electron chi connectivity index (χ4n) is 2.33. The number of carbonyl (C=O) groups is 1. The van der Waals surface area contributed by atoms with Gasteiger partial charge in [-0.15, -0.1) is 0 Å². The van der Waals surface area contributed by atoms with E-state index in [1.165, 1.54) is 0 Å². The minimum atomic E-state index is 0.0198. The van der Waals surface area contributed by atoms with E-state index in [-0.39, 0.29) is 11.3 Å². The van der Waals surface area contributed by atoms with Crippen LogP contribution in [0, 0.1) is 0 Å². The Labute approximate surface area is 119 Å². The maximum atomic E-state index is 12.3.